The molecule has 0 atom stereocenters. The van der Waals surface area contributed by atoms with Crippen LogP contribution in [0.1, 0.15) is 30.5 Å². The second-order valence-corrected chi connectivity index (χ2v) is 13.2. The highest BCUT2D eigenvalue weighted by molar-refractivity contribution is 6.61. The summed E-state index contributed by atoms with van der Waals surface area (Å²) in [5.41, 5.74) is 10.0. The van der Waals surface area contributed by atoms with Crippen LogP contribution < -0.4 is 0 Å². The number of nitrogens with zero attached hydrogens (tertiary/aromatic N) is 2. The summed E-state index contributed by atoms with van der Waals surface area (Å²) in [6, 6.07) is 39.6. The first-order valence-corrected chi connectivity index (χ1v) is 17.6. The fourth-order valence-electron chi connectivity index (χ4n) is 7.03. The van der Waals surface area contributed by atoms with E-state index in [1.807, 2.05) is 92.7 Å². The van der Waals surface area contributed by atoms with Crippen molar-refractivity contribution in [3.05, 3.63) is 180 Å². The number of aliphatic imine (C=N–C) groups is 1. The number of hydrogen-bond donors (Lipinski definition) is 2. The highest BCUT2D eigenvalue weighted by atomic mass is 19.1. The molecule has 0 saturated carbocycles. The van der Waals surface area contributed by atoms with E-state index in [9.17, 15) is 8.78 Å². The fraction of sp³-hybridized carbons (Fsp3) is 0.0417. The third-order valence-electron chi connectivity index (χ3n) is 9.72. The van der Waals surface area contributed by atoms with Crippen LogP contribution in [0.4, 0.5) is 8.78 Å². The van der Waals surface area contributed by atoms with E-state index in [1.165, 1.54) is 24.3 Å². The molecular formula is C48H34F2N4. The van der Waals surface area contributed by atoms with E-state index in [4.69, 9.17) is 10.8 Å². The van der Waals surface area contributed by atoms with Crippen LogP contribution in [0.2, 0.25) is 0 Å². The Morgan fingerprint density at radius 3 is 1.80 bits per heavy atom. The van der Waals surface area contributed by atoms with E-state index >= 15 is 0 Å². The Labute approximate surface area is 312 Å². The van der Waals surface area contributed by atoms with E-state index < -0.39 is 0 Å². The number of fused-ring (bicyclic) bond motifs is 2. The van der Waals surface area contributed by atoms with Crippen molar-refractivity contribution >= 4 is 56.0 Å². The molecule has 0 radical (unpaired) electrons. The van der Waals surface area contributed by atoms with Crippen LogP contribution in [0.3, 0.4) is 0 Å². The Bertz CT molecular complexity index is 2790. The van der Waals surface area contributed by atoms with Crippen LogP contribution in [0.25, 0.3) is 71.9 Å². The quantitative estimate of drug-likeness (QED) is 0.126. The number of halogens is 2. The van der Waals surface area contributed by atoms with Crippen LogP contribution in [0.15, 0.2) is 157 Å². The number of nitrogens with one attached hydrogen (secondary N) is 2. The summed E-state index contributed by atoms with van der Waals surface area (Å²) in [6.45, 7) is 3.80. The molecule has 0 amide bonds. The summed E-state index contributed by atoms with van der Waals surface area (Å²) in [5, 5.41) is 21.6. The molecule has 1 aliphatic carbocycles. The molecule has 0 fully saturated rings. The Morgan fingerprint density at radius 2 is 1.17 bits per heavy atom. The summed E-state index contributed by atoms with van der Waals surface area (Å²) in [7, 11) is 0. The monoisotopic (exact) mass is 704 g/mol. The molecule has 2 N–H and O–H groups in total. The van der Waals surface area contributed by atoms with Crippen LogP contribution in [-0.4, -0.2) is 22.6 Å². The number of aromatic nitrogens is 1. The molecule has 6 heteroatoms. The molecule has 7 aromatic rings. The second kappa shape index (κ2) is 14.2. The predicted octanol–water partition coefficient (Wildman–Crippen LogP) is 12.6. The third-order valence-corrected chi connectivity index (χ3v) is 9.72. The molecule has 0 bridgehead atoms. The number of pyridine rings is 1. The largest absolute Gasteiger partial charge is 0.299 e. The molecule has 260 valence electrons. The van der Waals surface area contributed by atoms with E-state index in [-0.39, 0.29) is 23.1 Å². The first-order valence-electron chi connectivity index (χ1n) is 17.6. The summed E-state index contributed by atoms with van der Waals surface area (Å²) >= 11 is 0. The standard InChI is InChI=1S/C48H34F2N4/c1-3-46(53-4-2)40-21-34(32-11-9-30-13-15-43(50)26-37(30)18-32)20-39(24-40)44-27-38(28-45(51)48(44)52)35-19-33(22-41(23-35)47-7-5-6-16-54-47)31-10-8-29-12-14-42(49)25-36(29)17-31/h3-28,51-52H,1-2H3/b46-3-,51-45?,52-48?,53-4-. The third kappa shape index (κ3) is 6.73. The predicted molar refractivity (Wildman–Crippen MR) is 221 cm³/mol. The van der Waals surface area contributed by atoms with Crippen LogP contribution in [-0.2, 0) is 0 Å². The minimum atomic E-state index is -0.300. The Kier molecular flexibility index (Phi) is 9.02. The lowest BCUT2D eigenvalue weighted by Crippen LogP contribution is -2.16. The van der Waals surface area contributed by atoms with Crippen molar-refractivity contribution in [2.45, 2.75) is 13.8 Å². The van der Waals surface area contributed by atoms with Gasteiger partial charge in [0.25, 0.3) is 0 Å². The number of allylic oxidation sites excluding steroid dienone is 5. The van der Waals surface area contributed by atoms with E-state index in [2.05, 4.69) is 34.2 Å². The lowest BCUT2D eigenvalue weighted by molar-refractivity contribution is 0.629. The van der Waals surface area contributed by atoms with Gasteiger partial charge < -0.3 is 0 Å². The molecule has 54 heavy (non-hydrogen) atoms. The average molecular weight is 705 g/mol. The molecule has 1 aromatic heterocycles. The van der Waals surface area contributed by atoms with Crippen molar-refractivity contribution in [1.29, 1.82) is 10.8 Å². The van der Waals surface area contributed by atoms with Gasteiger partial charge in [0.05, 0.1) is 22.8 Å². The van der Waals surface area contributed by atoms with Crippen molar-refractivity contribution in [2.75, 3.05) is 0 Å². The molecule has 0 spiro atoms. The van der Waals surface area contributed by atoms with Gasteiger partial charge in [-0.2, -0.15) is 0 Å². The van der Waals surface area contributed by atoms with Gasteiger partial charge in [0.1, 0.15) is 11.6 Å². The van der Waals surface area contributed by atoms with Gasteiger partial charge >= 0.3 is 0 Å². The maximum atomic E-state index is 14.3. The summed E-state index contributed by atoms with van der Waals surface area (Å²) in [6.07, 6.45) is 9.14. The fourth-order valence-corrected chi connectivity index (χ4v) is 7.03. The lowest BCUT2D eigenvalue weighted by Gasteiger charge is -2.20. The Morgan fingerprint density at radius 1 is 0.574 bits per heavy atom. The van der Waals surface area contributed by atoms with Gasteiger partial charge in [-0.25, -0.2) is 8.78 Å². The van der Waals surface area contributed by atoms with Gasteiger partial charge in [-0.05, 0) is 171 Å². The molecule has 0 aliphatic heterocycles. The van der Waals surface area contributed by atoms with E-state index in [0.717, 1.165) is 83.0 Å². The maximum absolute atomic E-state index is 14.3. The van der Waals surface area contributed by atoms with Gasteiger partial charge in [-0.15, -0.1) is 0 Å². The summed E-state index contributed by atoms with van der Waals surface area (Å²) in [5.74, 6) is -0.593. The average Bonchev–Trinajstić information content (AvgIpc) is 3.20. The topological polar surface area (TPSA) is 73.0 Å². The van der Waals surface area contributed by atoms with Gasteiger partial charge in [0.2, 0.25) is 0 Å². The minimum absolute atomic E-state index is 0.0828. The number of rotatable bonds is 7. The Balaban J connectivity index is 1.30. The van der Waals surface area contributed by atoms with Crippen molar-refractivity contribution < 1.29 is 8.78 Å². The zero-order chi connectivity index (χ0) is 37.3. The second-order valence-electron chi connectivity index (χ2n) is 13.2. The molecule has 1 aliphatic rings. The summed E-state index contributed by atoms with van der Waals surface area (Å²) in [4.78, 5) is 9.26. The number of benzene rings is 6. The van der Waals surface area contributed by atoms with Crippen LogP contribution in [0.5, 0.6) is 0 Å². The molecule has 1 heterocycles. The van der Waals surface area contributed by atoms with Crippen molar-refractivity contribution in [3.8, 4) is 33.5 Å². The first kappa shape index (κ1) is 34.2. The zero-order valence-electron chi connectivity index (χ0n) is 29.7. The van der Waals surface area contributed by atoms with Gasteiger partial charge in [-0.1, -0.05) is 48.5 Å². The SMILES string of the molecule is C/C=N\C(=C/C)c1cc(C2=CC(c3cc(-c4ccc5ccc(F)cc5c4)cc(-c4ccccn4)c3)=CC(=N)C2=N)cc(-c2ccc3ccc(F)cc3c2)c1. The van der Waals surface area contributed by atoms with Crippen LogP contribution in [0, 0.1) is 22.5 Å². The number of hydrogen-bond acceptors (Lipinski definition) is 4. The molecular weight excluding hydrogens is 671 g/mol. The van der Waals surface area contributed by atoms with Crippen molar-refractivity contribution in [1.82, 2.24) is 4.98 Å². The van der Waals surface area contributed by atoms with Gasteiger partial charge in [0.15, 0.2) is 0 Å². The highest BCUT2D eigenvalue weighted by Crippen LogP contribution is 2.37. The van der Waals surface area contributed by atoms with Gasteiger partial charge in [0, 0.05) is 29.1 Å². The normalized spacial score (nSPS) is 13.5. The smallest absolute Gasteiger partial charge is 0.123 e. The molecule has 4 nitrogen and oxygen atoms in total. The lowest BCUT2D eigenvalue weighted by atomic mass is 9.85. The highest BCUT2D eigenvalue weighted by Gasteiger charge is 2.21. The maximum Gasteiger partial charge on any atom is 0.123 e. The van der Waals surface area contributed by atoms with Gasteiger partial charge in [-0.3, -0.25) is 20.8 Å². The molecule has 8 rings (SSSR count). The summed E-state index contributed by atoms with van der Waals surface area (Å²) < 4.78 is 28.5. The Hall–Kier alpha value is -6.92. The first-order chi connectivity index (χ1) is 26.3. The van der Waals surface area contributed by atoms with E-state index in [1.54, 1.807) is 30.6 Å². The minimum Gasteiger partial charge on any atom is -0.299 e. The molecule has 0 saturated heterocycles. The van der Waals surface area contributed by atoms with Crippen LogP contribution >= 0.6 is 0 Å². The van der Waals surface area contributed by atoms with Crippen molar-refractivity contribution in [2.24, 2.45) is 4.99 Å². The van der Waals surface area contributed by atoms with E-state index in [0.29, 0.717) is 5.57 Å². The van der Waals surface area contributed by atoms with Crippen molar-refractivity contribution in [3.63, 3.8) is 0 Å². The molecule has 0 unspecified atom stereocenters. The zero-order valence-corrected chi connectivity index (χ0v) is 29.7. The molecule has 6 aromatic carbocycles.